The quantitative estimate of drug-likeness (QED) is 0.396. The number of carbonyl (C=O) groups is 3. The molecule has 1 heterocycles. The van der Waals surface area contributed by atoms with E-state index in [0.29, 0.717) is 11.4 Å². The first kappa shape index (κ1) is 25.9. The molecule has 0 bridgehead atoms. The van der Waals surface area contributed by atoms with Gasteiger partial charge in [0.1, 0.15) is 6.04 Å². The van der Waals surface area contributed by atoms with Crippen molar-refractivity contribution < 1.29 is 27.5 Å². The molecule has 34 heavy (non-hydrogen) atoms. The van der Waals surface area contributed by atoms with E-state index in [1.807, 2.05) is 6.92 Å². The third-order valence-corrected chi connectivity index (χ3v) is 8.26. The molecule has 2 amide bonds. The Morgan fingerprint density at radius 2 is 1.68 bits per heavy atom. The molecule has 1 fully saturated rings. The Hall–Kier alpha value is -2.75. The molecule has 1 saturated heterocycles. The summed E-state index contributed by atoms with van der Waals surface area (Å²) in [7, 11) is -4.14. The number of benzene rings is 2. The summed E-state index contributed by atoms with van der Waals surface area (Å²) < 4.78 is 33.4. The SMILES string of the molecule is CCOC(=O)c1ccc(N2C(=O)CC(N(C(C)(C)CC)S(=O)(=O)c3ccc(Cl)cc3)C2=O)cc1. The zero-order chi connectivity index (χ0) is 25.3. The lowest BCUT2D eigenvalue weighted by Crippen LogP contribution is -2.55. The summed E-state index contributed by atoms with van der Waals surface area (Å²) in [5, 5.41) is 0.379. The Morgan fingerprint density at radius 3 is 2.21 bits per heavy atom. The van der Waals surface area contributed by atoms with E-state index in [2.05, 4.69) is 0 Å². The summed E-state index contributed by atoms with van der Waals surface area (Å²) in [6.45, 7) is 7.16. The van der Waals surface area contributed by atoms with Crippen molar-refractivity contribution in [2.75, 3.05) is 11.5 Å². The van der Waals surface area contributed by atoms with E-state index in [-0.39, 0.29) is 29.2 Å². The minimum atomic E-state index is -4.14. The normalized spacial score (nSPS) is 16.9. The first-order valence-electron chi connectivity index (χ1n) is 10.9. The predicted molar refractivity (Wildman–Crippen MR) is 128 cm³/mol. The molecular formula is C24H27ClN2O6S. The van der Waals surface area contributed by atoms with Gasteiger partial charge in [-0.2, -0.15) is 4.31 Å². The van der Waals surface area contributed by atoms with Crippen LogP contribution in [0.1, 0.15) is 50.9 Å². The highest BCUT2D eigenvalue weighted by atomic mass is 35.5. The first-order chi connectivity index (χ1) is 15.9. The number of hydrogen-bond acceptors (Lipinski definition) is 6. The van der Waals surface area contributed by atoms with E-state index < -0.39 is 39.4 Å². The lowest BCUT2D eigenvalue weighted by Gasteiger charge is -2.39. The number of amides is 2. The summed E-state index contributed by atoms with van der Waals surface area (Å²) in [6, 6.07) is 10.3. The second kappa shape index (κ2) is 9.85. The van der Waals surface area contributed by atoms with Gasteiger partial charge in [0.05, 0.1) is 29.2 Å². The Morgan fingerprint density at radius 1 is 1.09 bits per heavy atom. The maximum atomic E-state index is 13.7. The minimum Gasteiger partial charge on any atom is -0.462 e. The Balaban J connectivity index is 1.99. The summed E-state index contributed by atoms with van der Waals surface area (Å²) in [6.07, 6.45) is 0.112. The monoisotopic (exact) mass is 506 g/mol. The number of rotatable bonds is 8. The van der Waals surface area contributed by atoms with Gasteiger partial charge in [0.15, 0.2) is 0 Å². The first-order valence-corrected chi connectivity index (χ1v) is 12.7. The van der Waals surface area contributed by atoms with Crippen LogP contribution in [0.15, 0.2) is 53.4 Å². The van der Waals surface area contributed by atoms with Crippen molar-refractivity contribution in [2.45, 2.75) is 57.0 Å². The molecule has 0 saturated carbocycles. The molecule has 0 aliphatic carbocycles. The zero-order valence-corrected chi connectivity index (χ0v) is 21.0. The number of halogens is 1. The fourth-order valence-corrected chi connectivity index (χ4v) is 5.93. The molecule has 2 aromatic rings. The van der Waals surface area contributed by atoms with Crippen LogP contribution in [0.2, 0.25) is 5.02 Å². The van der Waals surface area contributed by atoms with Crippen LogP contribution >= 0.6 is 11.6 Å². The summed E-state index contributed by atoms with van der Waals surface area (Å²) >= 11 is 5.92. The number of carbonyl (C=O) groups excluding carboxylic acids is 3. The van der Waals surface area contributed by atoms with Crippen LogP contribution in [-0.2, 0) is 24.3 Å². The molecule has 1 unspecified atom stereocenters. The largest absolute Gasteiger partial charge is 0.462 e. The van der Waals surface area contributed by atoms with E-state index in [9.17, 15) is 22.8 Å². The van der Waals surface area contributed by atoms with Crippen molar-refractivity contribution in [3.8, 4) is 0 Å². The lowest BCUT2D eigenvalue weighted by atomic mass is 10.00. The van der Waals surface area contributed by atoms with Crippen LogP contribution < -0.4 is 4.90 Å². The van der Waals surface area contributed by atoms with Crippen molar-refractivity contribution in [3.63, 3.8) is 0 Å². The smallest absolute Gasteiger partial charge is 0.338 e. The maximum absolute atomic E-state index is 13.7. The molecule has 0 radical (unpaired) electrons. The molecule has 8 nitrogen and oxygen atoms in total. The number of imide groups is 1. The molecule has 0 aromatic heterocycles. The number of ether oxygens (including phenoxy) is 1. The highest BCUT2D eigenvalue weighted by Gasteiger charge is 2.51. The number of hydrogen-bond donors (Lipinski definition) is 0. The maximum Gasteiger partial charge on any atom is 0.338 e. The zero-order valence-electron chi connectivity index (χ0n) is 19.4. The average molecular weight is 507 g/mol. The molecule has 0 N–H and O–H groups in total. The number of anilines is 1. The topological polar surface area (TPSA) is 101 Å². The van der Waals surface area contributed by atoms with Crippen LogP contribution in [0, 0.1) is 0 Å². The molecule has 1 atom stereocenters. The molecule has 3 rings (SSSR count). The second-order valence-corrected chi connectivity index (χ2v) is 10.7. The Bertz CT molecular complexity index is 1190. The van der Waals surface area contributed by atoms with E-state index in [1.54, 1.807) is 20.8 Å². The van der Waals surface area contributed by atoms with Gasteiger partial charge >= 0.3 is 5.97 Å². The van der Waals surface area contributed by atoms with Gasteiger partial charge in [-0.25, -0.2) is 18.1 Å². The number of sulfonamides is 1. The minimum absolute atomic E-state index is 0.0177. The van der Waals surface area contributed by atoms with Crippen molar-refractivity contribution in [1.29, 1.82) is 0 Å². The van der Waals surface area contributed by atoms with Gasteiger partial charge in [0.2, 0.25) is 15.9 Å². The third-order valence-electron chi connectivity index (χ3n) is 5.87. The third kappa shape index (κ3) is 4.87. The molecule has 10 heteroatoms. The van der Waals surface area contributed by atoms with E-state index in [4.69, 9.17) is 16.3 Å². The fraction of sp³-hybridized carbons (Fsp3) is 0.375. The lowest BCUT2D eigenvalue weighted by molar-refractivity contribution is -0.122. The number of nitrogens with zero attached hydrogens (tertiary/aromatic N) is 2. The molecule has 1 aliphatic heterocycles. The Kier molecular flexibility index (Phi) is 7.50. The molecular weight excluding hydrogens is 480 g/mol. The summed E-state index contributed by atoms with van der Waals surface area (Å²) in [4.78, 5) is 39.2. The second-order valence-electron chi connectivity index (χ2n) is 8.48. The van der Waals surface area contributed by atoms with E-state index in [0.717, 1.165) is 9.21 Å². The average Bonchev–Trinajstić information content (AvgIpc) is 3.07. The van der Waals surface area contributed by atoms with Crippen molar-refractivity contribution >= 4 is 45.1 Å². The van der Waals surface area contributed by atoms with Gasteiger partial charge in [-0.1, -0.05) is 18.5 Å². The van der Waals surface area contributed by atoms with Crippen LogP contribution in [0.5, 0.6) is 0 Å². The van der Waals surface area contributed by atoms with Crippen molar-refractivity contribution in [2.24, 2.45) is 0 Å². The summed E-state index contributed by atoms with van der Waals surface area (Å²) in [5.41, 5.74) is -0.424. The number of esters is 1. The van der Waals surface area contributed by atoms with Gasteiger partial charge in [-0.05, 0) is 75.7 Å². The van der Waals surface area contributed by atoms with E-state index in [1.165, 1.54) is 48.5 Å². The van der Waals surface area contributed by atoms with Crippen LogP contribution in [-0.4, -0.2) is 48.7 Å². The van der Waals surface area contributed by atoms with Crippen LogP contribution in [0.4, 0.5) is 5.69 Å². The van der Waals surface area contributed by atoms with Gasteiger partial charge in [0.25, 0.3) is 5.91 Å². The van der Waals surface area contributed by atoms with E-state index >= 15 is 0 Å². The highest BCUT2D eigenvalue weighted by Crippen LogP contribution is 2.36. The summed E-state index contributed by atoms with van der Waals surface area (Å²) in [5.74, 6) is -1.69. The van der Waals surface area contributed by atoms with Gasteiger partial charge in [-0.3, -0.25) is 9.59 Å². The van der Waals surface area contributed by atoms with Crippen LogP contribution in [0.25, 0.3) is 0 Å². The molecule has 0 spiro atoms. The fourth-order valence-electron chi connectivity index (χ4n) is 3.82. The molecule has 2 aromatic carbocycles. The highest BCUT2D eigenvalue weighted by molar-refractivity contribution is 7.89. The van der Waals surface area contributed by atoms with Gasteiger partial charge < -0.3 is 4.74 Å². The standard InChI is InChI=1S/C24H27ClN2O6S/c1-5-24(3,4)27(34(31,32)19-13-9-17(25)10-14-19)20-15-21(28)26(22(20)29)18-11-7-16(8-12-18)23(30)33-6-2/h7-14,20H,5-6,15H2,1-4H3. The molecule has 182 valence electrons. The Labute approximate surface area is 204 Å². The van der Waals surface area contributed by atoms with Crippen molar-refractivity contribution in [1.82, 2.24) is 4.31 Å². The van der Waals surface area contributed by atoms with Crippen molar-refractivity contribution in [3.05, 3.63) is 59.1 Å². The van der Waals surface area contributed by atoms with Gasteiger partial charge in [-0.15, -0.1) is 0 Å². The van der Waals surface area contributed by atoms with Crippen LogP contribution in [0.3, 0.4) is 0 Å². The predicted octanol–water partition coefficient (Wildman–Crippen LogP) is 4.03. The molecule has 1 aliphatic rings. The van der Waals surface area contributed by atoms with Gasteiger partial charge in [0, 0.05) is 10.6 Å².